The van der Waals surface area contributed by atoms with Crippen molar-refractivity contribution in [2.24, 2.45) is 0 Å². The lowest BCUT2D eigenvalue weighted by atomic mass is 10.1. The van der Waals surface area contributed by atoms with E-state index in [0.29, 0.717) is 18.5 Å². The van der Waals surface area contributed by atoms with Gasteiger partial charge >= 0.3 is 0 Å². The minimum atomic E-state index is -0.179. The molecule has 0 aromatic heterocycles. The summed E-state index contributed by atoms with van der Waals surface area (Å²) in [6, 6.07) is 13.4. The smallest absolute Gasteiger partial charge is 0.251 e. The third kappa shape index (κ3) is 5.35. The summed E-state index contributed by atoms with van der Waals surface area (Å²) in [5.41, 5.74) is 0.588. The van der Waals surface area contributed by atoms with Crippen molar-refractivity contribution in [1.82, 2.24) is 10.6 Å². The SMILES string of the molecule is CC(CCCO)NC(=O)CCNC(=O)c1ccc2ccccc2c1. The van der Waals surface area contributed by atoms with Crippen LogP contribution in [0.4, 0.5) is 0 Å². The maximum Gasteiger partial charge on any atom is 0.251 e. The summed E-state index contributed by atoms with van der Waals surface area (Å²) in [6.45, 7) is 2.33. The molecule has 0 bridgehead atoms. The molecule has 5 heteroatoms. The van der Waals surface area contributed by atoms with Crippen molar-refractivity contribution >= 4 is 22.6 Å². The first-order chi connectivity index (χ1) is 11.6. The second-order valence-corrected chi connectivity index (χ2v) is 5.90. The first kappa shape index (κ1) is 17.9. The standard InChI is InChI=1S/C19H24N2O3/c1-14(5-4-12-22)21-18(23)10-11-20-19(24)17-9-8-15-6-2-3-7-16(15)13-17/h2-3,6-9,13-14,22H,4-5,10-12H2,1H3,(H,20,24)(H,21,23). The van der Waals surface area contributed by atoms with E-state index >= 15 is 0 Å². The fourth-order valence-corrected chi connectivity index (χ4v) is 2.54. The van der Waals surface area contributed by atoms with Crippen molar-refractivity contribution in [1.29, 1.82) is 0 Å². The number of carbonyl (C=O) groups is 2. The molecule has 0 spiro atoms. The summed E-state index contributed by atoms with van der Waals surface area (Å²) in [7, 11) is 0. The molecule has 0 aliphatic rings. The molecule has 3 N–H and O–H groups in total. The predicted octanol–water partition coefficient (Wildman–Crippen LogP) is 2.24. The van der Waals surface area contributed by atoms with Crippen molar-refractivity contribution in [2.75, 3.05) is 13.2 Å². The van der Waals surface area contributed by atoms with Crippen LogP contribution >= 0.6 is 0 Å². The van der Waals surface area contributed by atoms with Crippen LogP contribution in [-0.2, 0) is 4.79 Å². The Morgan fingerprint density at radius 1 is 1.12 bits per heavy atom. The Hall–Kier alpha value is -2.40. The lowest BCUT2D eigenvalue weighted by molar-refractivity contribution is -0.121. The average molecular weight is 328 g/mol. The van der Waals surface area contributed by atoms with Gasteiger partial charge in [0, 0.05) is 31.2 Å². The van der Waals surface area contributed by atoms with Gasteiger partial charge in [-0.1, -0.05) is 30.3 Å². The van der Waals surface area contributed by atoms with E-state index in [4.69, 9.17) is 5.11 Å². The van der Waals surface area contributed by atoms with Crippen LogP contribution in [0.2, 0.25) is 0 Å². The van der Waals surface area contributed by atoms with E-state index in [1.54, 1.807) is 6.07 Å². The second kappa shape index (κ2) is 9.03. The van der Waals surface area contributed by atoms with E-state index < -0.39 is 0 Å². The first-order valence-electron chi connectivity index (χ1n) is 8.27. The Morgan fingerprint density at radius 2 is 1.88 bits per heavy atom. The Kier molecular flexibility index (Phi) is 6.75. The van der Waals surface area contributed by atoms with Gasteiger partial charge in [0.2, 0.25) is 5.91 Å². The van der Waals surface area contributed by atoms with E-state index in [1.165, 1.54) is 0 Å². The van der Waals surface area contributed by atoms with Gasteiger partial charge in [-0.2, -0.15) is 0 Å². The van der Waals surface area contributed by atoms with Gasteiger partial charge in [-0.25, -0.2) is 0 Å². The molecule has 5 nitrogen and oxygen atoms in total. The monoisotopic (exact) mass is 328 g/mol. The number of hydrogen-bond donors (Lipinski definition) is 3. The van der Waals surface area contributed by atoms with Crippen molar-refractivity contribution in [3.63, 3.8) is 0 Å². The van der Waals surface area contributed by atoms with Gasteiger partial charge < -0.3 is 15.7 Å². The summed E-state index contributed by atoms with van der Waals surface area (Å²) in [6.07, 6.45) is 1.65. The Bertz CT molecular complexity index is 700. The van der Waals surface area contributed by atoms with Crippen LogP contribution in [-0.4, -0.2) is 36.1 Å². The molecule has 0 saturated heterocycles. The molecule has 0 fully saturated rings. The zero-order chi connectivity index (χ0) is 17.4. The van der Waals surface area contributed by atoms with Gasteiger partial charge in [0.25, 0.3) is 5.91 Å². The molecule has 1 atom stereocenters. The Labute approximate surface area is 142 Å². The molecular weight excluding hydrogens is 304 g/mol. The highest BCUT2D eigenvalue weighted by Crippen LogP contribution is 2.15. The van der Waals surface area contributed by atoms with E-state index in [0.717, 1.165) is 17.2 Å². The number of aliphatic hydroxyl groups excluding tert-OH is 1. The summed E-state index contributed by atoms with van der Waals surface area (Å²) in [5.74, 6) is -0.277. The predicted molar refractivity (Wildman–Crippen MR) is 94.8 cm³/mol. The van der Waals surface area contributed by atoms with Crippen molar-refractivity contribution in [3.05, 3.63) is 48.0 Å². The summed E-state index contributed by atoms with van der Waals surface area (Å²) < 4.78 is 0. The first-order valence-corrected chi connectivity index (χ1v) is 8.27. The topological polar surface area (TPSA) is 78.4 Å². The molecule has 0 heterocycles. The summed E-state index contributed by atoms with van der Waals surface area (Å²) >= 11 is 0. The average Bonchev–Trinajstić information content (AvgIpc) is 2.59. The molecule has 24 heavy (non-hydrogen) atoms. The van der Waals surface area contributed by atoms with Gasteiger partial charge in [-0.3, -0.25) is 9.59 Å². The molecule has 128 valence electrons. The molecule has 0 radical (unpaired) electrons. The van der Waals surface area contributed by atoms with E-state index in [1.807, 2.05) is 43.3 Å². The summed E-state index contributed by atoms with van der Waals surface area (Å²) in [5, 5.41) is 16.5. The minimum absolute atomic E-state index is 0.0286. The lowest BCUT2D eigenvalue weighted by Crippen LogP contribution is -2.35. The fraction of sp³-hybridized carbons (Fsp3) is 0.368. The number of carbonyl (C=O) groups excluding carboxylic acids is 2. The van der Waals surface area contributed by atoms with Crippen LogP contribution in [0.15, 0.2) is 42.5 Å². The Balaban J connectivity index is 1.78. The number of aliphatic hydroxyl groups is 1. The largest absolute Gasteiger partial charge is 0.396 e. The highest BCUT2D eigenvalue weighted by molar-refractivity contribution is 5.98. The molecule has 0 aliphatic heterocycles. The van der Waals surface area contributed by atoms with Gasteiger partial charge in [-0.05, 0) is 42.7 Å². The number of fused-ring (bicyclic) bond motifs is 1. The van der Waals surface area contributed by atoms with Gasteiger partial charge in [-0.15, -0.1) is 0 Å². The molecule has 2 rings (SSSR count). The minimum Gasteiger partial charge on any atom is -0.396 e. The molecule has 0 saturated carbocycles. The van der Waals surface area contributed by atoms with Crippen molar-refractivity contribution in [2.45, 2.75) is 32.2 Å². The lowest BCUT2D eigenvalue weighted by Gasteiger charge is -2.13. The third-order valence-corrected chi connectivity index (χ3v) is 3.85. The molecule has 2 amide bonds. The van der Waals surface area contributed by atoms with Crippen LogP contribution in [0.3, 0.4) is 0 Å². The van der Waals surface area contributed by atoms with Crippen LogP contribution in [0.5, 0.6) is 0 Å². The van der Waals surface area contributed by atoms with Crippen LogP contribution in [0.1, 0.15) is 36.5 Å². The molecule has 0 aliphatic carbocycles. The van der Waals surface area contributed by atoms with Gasteiger partial charge in [0.1, 0.15) is 0 Å². The number of hydrogen-bond acceptors (Lipinski definition) is 3. The third-order valence-electron chi connectivity index (χ3n) is 3.85. The van der Waals surface area contributed by atoms with Gasteiger partial charge in [0.15, 0.2) is 0 Å². The number of rotatable bonds is 8. The molecule has 2 aromatic rings. The zero-order valence-electron chi connectivity index (χ0n) is 13.9. The molecule has 2 aromatic carbocycles. The number of amides is 2. The van der Waals surface area contributed by atoms with Crippen LogP contribution < -0.4 is 10.6 Å². The van der Waals surface area contributed by atoms with Crippen molar-refractivity contribution < 1.29 is 14.7 Å². The van der Waals surface area contributed by atoms with Crippen molar-refractivity contribution in [3.8, 4) is 0 Å². The number of nitrogens with one attached hydrogen (secondary N) is 2. The number of benzene rings is 2. The van der Waals surface area contributed by atoms with Gasteiger partial charge in [0.05, 0.1) is 0 Å². The Morgan fingerprint density at radius 3 is 2.62 bits per heavy atom. The quantitative estimate of drug-likeness (QED) is 0.695. The highest BCUT2D eigenvalue weighted by atomic mass is 16.3. The normalized spacial score (nSPS) is 11.9. The van der Waals surface area contributed by atoms with E-state index in [2.05, 4.69) is 10.6 Å². The van der Waals surface area contributed by atoms with E-state index in [9.17, 15) is 9.59 Å². The molecular formula is C19H24N2O3. The van der Waals surface area contributed by atoms with Crippen LogP contribution in [0, 0.1) is 0 Å². The zero-order valence-corrected chi connectivity index (χ0v) is 13.9. The highest BCUT2D eigenvalue weighted by Gasteiger charge is 2.09. The summed E-state index contributed by atoms with van der Waals surface area (Å²) in [4.78, 5) is 23.9. The van der Waals surface area contributed by atoms with E-state index in [-0.39, 0.29) is 30.9 Å². The van der Waals surface area contributed by atoms with Crippen LogP contribution in [0.25, 0.3) is 10.8 Å². The second-order valence-electron chi connectivity index (χ2n) is 5.90. The fourth-order valence-electron chi connectivity index (χ4n) is 2.54. The molecule has 1 unspecified atom stereocenters. The maximum atomic E-state index is 12.2. The maximum absolute atomic E-state index is 12.2.